The number of aryl methyl sites for hydroxylation is 2. The van der Waals surface area contributed by atoms with Crippen molar-refractivity contribution in [2.24, 2.45) is 0 Å². The summed E-state index contributed by atoms with van der Waals surface area (Å²) in [6.45, 7) is 6.04. The number of aliphatic hydroxyl groups is 1. The predicted molar refractivity (Wildman–Crippen MR) is 120 cm³/mol. The van der Waals surface area contributed by atoms with Crippen molar-refractivity contribution >= 4 is 28.5 Å². The van der Waals surface area contributed by atoms with E-state index in [1.54, 1.807) is 29.2 Å². The maximum Gasteiger partial charge on any atom is 0.291 e. The predicted octanol–water partition coefficient (Wildman–Crippen LogP) is 2.86. The van der Waals surface area contributed by atoms with Crippen LogP contribution in [0.1, 0.15) is 46.2 Å². The highest BCUT2D eigenvalue weighted by Gasteiger charge is 2.64. The van der Waals surface area contributed by atoms with Crippen molar-refractivity contribution in [2.75, 3.05) is 24.6 Å². The van der Waals surface area contributed by atoms with Gasteiger partial charge in [-0.3, -0.25) is 14.4 Å². The third-order valence-electron chi connectivity index (χ3n) is 6.71. The van der Waals surface area contributed by atoms with Crippen molar-refractivity contribution in [2.45, 2.75) is 32.7 Å². The number of rotatable bonds is 4. The fourth-order valence-electron chi connectivity index (χ4n) is 5.09. The van der Waals surface area contributed by atoms with Crippen molar-refractivity contribution < 1.29 is 19.1 Å². The van der Waals surface area contributed by atoms with Gasteiger partial charge in [0.05, 0.1) is 16.6 Å². The van der Waals surface area contributed by atoms with Crippen LogP contribution in [-0.4, -0.2) is 41.5 Å². The van der Waals surface area contributed by atoms with E-state index in [4.69, 9.17) is 4.42 Å². The Morgan fingerprint density at radius 1 is 1.06 bits per heavy atom. The van der Waals surface area contributed by atoms with Gasteiger partial charge in [-0.25, -0.2) is 0 Å². The third kappa shape index (κ3) is 2.37. The first kappa shape index (κ1) is 20.5. The van der Waals surface area contributed by atoms with Crippen molar-refractivity contribution in [1.29, 1.82) is 0 Å². The number of fused-ring (bicyclic) bond motifs is 5. The maximum atomic E-state index is 14.0. The lowest BCUT2D eigenvalue weighted by Crippen LogP contribution is -2.53. The molecule has 7 heteroatoms. The lowest BCUT2D eigenvalue weighted by Gasteiger charge is -2.34. The quantitative estimate of drug-likeness (QED) is 0.685. The second-order valence-electron chi connectivity index (χ2n) is 8.38. The Balaban J connectivity index is 1.92. The number of hydrogen-bond donors (Lipinski definition) is 1. The lowest BCUT2D eigenvalue weighted by atomic mass is 9.83. The number of aliphatic hydroxyl groups excluding tert-OH is 1. The molecule has 1 unspecified atom stereocenters. The van der Waals surface area contributed by atoms with Gasteiger partial charge < -0.3 is 19.3 Å². The Morgan fingerprint density at radius 2 is 1.78 bits per heavy atom. The number of carbonyl (C=O) groups excluding carboxylic acids is 2. The van der Waals surface area contributed by atoms with E-state index in [9.17, 15) is 19.5 Å². The van der Waals surface area contributed by atoms with Crippen LogP contribution < -0.4 is 10.3 Å². The highest BCUT2D eigenvalue weighted by Crippen LogP contribution is 2.52. The normalized spacial score (nSPS) is 19.4. The molecule has 1 aromatic heterocycles. The molecule has 1 atom stereocenters. The van der Waals surface area contributed by atoms with E-state index in [1.165, 1.54) is 4.90 Å². The number of carbonyl (C=O) groups is 2. The summed E-state index contributed by atoms with van der Waals surface area (Å²) in [4.78, 5) is 44.5. The molecule has 1 N–H and O–H groups in total. The van der Waals surface area contributed by atoms with Crippen LogP contribution in [0, 0.1) is 13.8 Å². The third-order valence-corrected chi connectivity index (χ3v) is 6.71. The summed E-state index contributed by atoms with van der Waals surface area (Å²) >= 11 is 0. The maximum absolute atomic E-state index is 14.0. The zero-order valence-corrected chi connectivity index (χ0v) is 18.3. The fourth-order valence-corrected chi connectivity index (χ4v) is 5.09. The molecule has 2 aliphatic heterocycles. The van der Waals surface area contributed by atoms with Gasteiger partial charge in [0.25, 0.3) is 11.8 Å². The molecular weight excluding hydrogens is 408 g/mol. The number of likely N-dealkylation sites (N-methyl/N-ethyl adjacent to an activating group) is 1. The molecule has 2 amide bonds. The van der Waals surface area contributed by atoms with Crippen molar-refractivity contribution in [1.82, 2.24) is 4.90 Å². The van der Waals surface area contributed by atoms with Crippen LogP contribution in [0.2, 0.25) is 0 Å². The zero-order chi connectivity index (χ0) is 22.8. The number of amides is 2. The number of hydrogen-bond acceptors (Lipinski definition) is 5. The van der Waals surface area contributed by atoms with Gasteiger partial charge >= 0.3 is 0 Å². The highest BCUT2D eigenvalue weighted by molar-refractivity contribution is 6.17. The van der Waals surface area contributed by atoms with E-state index in [1.807, 2.05) is 32.9 Å². The van der Waals surface area contributed by atoms with Gasteiger partial charge in [-0.05, 0) is 56.5 Å². The van der Waals surface area contributed by atoms with Crippen molar-refractivity contribution in [3.63, 3.8) is 0 Å². The van der Waals surface area contributed by atoms with E-state index < -0.39 is 11.4 Å². The molecule has 2 aromatic carbocycles. The molecule has 32 heavy (non-hydrogen) atoms. The van der Waals surface area contributed by atoms with Crippen LogP contribution in [0.4, 0.5) is 5.69 Å². The number of nitrogens with zero attached hydrogens (tertiary/aromatic N) is 2. The van der Waals surface area contributed by atoms with Gasteiger partial charge in [0.1, 0.15) is 5.58 Å². The van der Waals surface area contributed by atoms with Gasteiger partial charge in [-0.15, -0.1) is 0 Å². The minimum atomic E-state index is -1.60. The average molecular weight is 432 g/mol. The SMILES string of the molecule is CCN1C(=O)C2(c3ccccc31)c1c(oc3cc(C)c(C)cc3c1=O)C(=O)N2CCCO. The summed E-state index contributed by atoms with van der Waals surface area (Å²) in [5, 5.41) is 9.82. The second-order valence-corrected chi connectivity index (χ2v) is 8.38. The summed E-state index contributed by atoms with van der Waals surface area (Å²) in [7, 11) is 0. The van der Waals surface area contributed by atoms with Gasteiger partial charge in [-0.1, -0.05) is 18.2 Å². The van der Waals surface area contributed by atoms with Crippen LogP contribution in [-0.2, 0) is 10.3 Å². The highest BCUT2D eigenvalue weighted by atomic mass is 16.3. The number of para-hydroxylation sites is 1. The van der Waals surface area contributed by atoms with Crippen LogP contribution in [0.15, 0.2) is 45.6 Å². The van der Waals surface area contributed by atoms with Gasteiger partial charge in [0.15, 0.2) is 11.0 Å². The van der Waals surface area contributed by atoms with Crippen LogP contribution in [0.3, 0.4) is 0 Å². The smallest absolute Gasteiger partial charge is 0.291 e. The van der Waals surface area contributed by atoms with E-state index in [-0.39, 0.29) is 42.2 Å². The minimum absolute atomic E-state index is 0.0737. The Morgan fingerprint density at radius 3 is 2.50 bits per heavy atom. The van der Waals surface area contributed by atoms with Crippen molar-refractivity contribution in [3.8, 4) is 0 Å². The molecule has 0 saturated carbocycles. The Kier molecular flexibility index (Phi) is 4.49. The fraction of sp³-hybridized carbons (Fsp3) is 0.320. The van der Waals surface area contributed by atoms with Crippen LogP contribution in [0.5, 0.6) is 0 Å². The number of anilines is 1. The van der Waals surface area contributed by atoms with E-state index in [0.717, 1.165) is 11.1 Å². The standard InChI is InChI=1S/C25H24N2O5/c1-4-26-18-9-6-5-8-17(18)25(24(26)31)20-21(29)16-12-14(2)15(3)13-19(16)32-22(20)23(30)27(25)10-7-11-28/h5-6,8-9,12-13,28H,4,7,10-11H2,1-3H3. The largest absolute Gasteiger partial charge is 0.450 e. The minimum Gasteiger partial charge on any atom is -0.450 e. The average Bonchev–Trinajstić information content (AvgIpc) is 3.18. The lowest BCUT2D eigenvalue weighted by molar-refractivity contribution is -0.126. The molecule has 1 spiro atoms. The molecule has 3 aromatic rings. The van der Waals surface area contributed by atoms with Crippen LogP contribution >= 0.6 is 0 Å². The Bertz CT molecular complexity index is 1360. The first-order valence-electron chi connectivity index (χ1n) is 10.8. The second kappa shape index (κ2) is 7.03. The summed E-state index contributed by atoms with van der Waals surface area (Å²) < 4.78 is 6.04. The Hall–Kier alpha value is -3.45. The first-order chi connectivity index (χ1) is 15.4. The molecule has 0 aliphatic carbocycles. The van der Waals surface area contributed by atoms with Gasteiger partial charge in [-0.2, -0.15) is 0 Å². The van der Waals surface area contributed by atoms with E-state index in [2.05, 4.69) is 0 Å². The van der Waals surface area contributed by atoms with E-state index in [0.29, 0.717) is 28.8 Å². The van der Waals surface area contributed by atoms with Crippen molar-refractivity contribution in [3.05, 3.63) is 74.6 Å². The molecule has 0 bridgehead atoms. The number of benzene rings is 2. The summed E-state index contributed by atoms with van der Waals surface area (Å²) in [6.07, 6.45) is 0.273. The molecule has 7 nitrogen and oxygen atoms in total. The van der Waals surface area contributed by atoms with Gasteiger partial charge in [0, 0.05) is 25.3 Å². The summed E-state index contributed by atoms with van der Waals surface area (Å²) in [5.41, 5.74) is 1.57. The van der Waals surface area contributed by atoms with Crippen LogP contribution in [0.25, 0.3) is 11.0 Å². The molecule has 164 valence electrons. The molecule has 0 radical (unpaired) electrons. The zero-order valence-electron chi connectivity index (χ0n) is 18.3. The molecular formula is C25H24N2O5. The molecule has 2 aliphatic rings. The van der Waals surface area contributed by atoms with Gasteiger partial charge in [0.2, 0.25) is 5.76 Å². The van der Waals surface area contributed by atoms with E-state index >= 15 is 0 Å². The summed E-state index contributed by atoms with van der Waals surface area (Å²) in [5.74, 6) is -0.946. The molecule has 5 rings (SSSR count). The molecule has 0 fully saturated rings. The molecule has 3 heterocycles. The summed E-state index contributed by atoms with van der Waals surface area (Å²) in [6, 6.07) is 10.8. The Labute approximate surface area is 184 Å². The topological polar surface area (TPSA) is 91.1 Å². The first-order valence-corrected chi connectivity index (χ1v) is 10.8. The molecule has 0 saturated heterocycles. The monoisotopic (exact) mass is 432 g/mol.